The highest BCUT2D eigenvalue weighted by Crippen LogP contribution is 2.24. The van der Waals surface area contributed by atoms with Crippen molar-refractivity contribution in [3.05, 3.63) is 100 Å². The van der Waals surface area contributed by atoms with Crippen molar-refractivity contribution < 1.29 is 13.5 Å². The fourth-order valence-electron chi connectivity index (χ4n) is 3.02. The number of hydrogen-bond donors (Lipinski definition) is 0. The van der Waals surface area contributed by atoms with E-state index in [9.17, 15) is 8.78 Å². The number of benzene rings is 2. The Morgan fingerprint density at radius 1 is 1.00 bits per heavy atom. The molecule has 0 spiro atoms. The summed E-state index contributed by atoms with van der Waals surface area (Å²) in [5.74, 6) is 0.107. The van der Waals surface area contributed by atoms with Crippen LogP contribution in [0.5, 0.6) is 5.75 Å². The number of rotatable bonds is 8. The van der Waals surface area contributed by atoms with Crippen LogP contribution in [0.15, 0.2) is 94.5 Å². The van der Waals surface area contributed by atoms with Gasteiger partial charge in [0.15, 0.2) is 0 Å². The molecule has 8 heteroatoms. The van der Waals surface area contributed by atoms with E-state index in [2.05, 4.69) is 27.0 Å². The maximum absolute atomic E-state index is 12.5. The Balaban J connectivity index is 1.65. The number of pyridine rings is 1. The molecule has 0 N–H and O–H groups in total. The Hall–Kier alpha value is -3.65. The van der Waals surface area contributed by atoms with E-state index in [1.807, 2.05) is 41.8 Å². The van der Waals surface area contributed by atoms with E-state index in [1.54, 1.807) is 29.2 Å². The topological polar surface area (TPSA) is 51.8 Å². The molecule has 0 aliphatic carbocycles. The molecule has 5 nitrogen and oxygen atoms in total. The second-order valence-corrected chi connectivity index (χ2v) is 7.57. The van der Waals surface area contributed by atoms with Crippen LogP contribution in [0.1, 0.15) is 11.3 Å². The molecule has 0 aliphatic heterocycles. The minimum absolute atomic E-state index is 0.107. The van der Waals surface area contributed by atoms with Crippen molar-refractivity contribution in [2.24, 2.45) is 10.1 Å². The Morgan fingerprint density at radius 3 is 2.50 bits per heavy atom. The highest BCUT2D eigenvalue weighted by atomic mass is 32.1. The van der Waals surface area contributed by atoms with E-state index < -0.39 is 6.61 Å². The van der Waals surface area contributed by atoms with Crippen LogP contribution in [0.2, 0.25) is 0 Å². The van der Waals surface area contributed by atoms with Crippen LogP contribution < -0.4 is 9.54 Å². The van der Waals surface area contributed by atoms with Crippen molar-refractivity contribution in [3.8, 4) is 17.0 Å². The fraction of sp³-hybridized carbons (Fsp3) is 0.125. The van der Waals surface area contributed by atoms with Gasteiger partial charge in [0, 0.05) is 23.7 Å². The molecule has 0 aliphatic rings. The molecule has 2 heterocycles. The SMILES string of the molecule is FC(F)Oc1ccc(-c2csc(=NCCc3ccccc3)n2N=Cc2ccccn2)cc1. The Bertz CT molecular complexity index is 1220. The van der Waals surface area contributed by atoms with Gasteiger partial charge in [-0.25, -0.2) is 4.68 Å². The Morgan fingerprint density at radius 2 is 1.78 bits per heavy atom. The number of nitrogens with zero attached hydrogens (tertiary/aromatic N) is 4. The zero-order valence-corrected chi connectivity index (χ0v) is 17.8. The van der Waals surface area contributed by atoms with Gasteiger partial charge in [0.05, 0.1) is 17.6 Å². The van der Waals surface area contributed by atoms with E-state index in [-0.39, 0.29) is 5.75 Å². The number of hydrogen-bond acceptors (Lipinski definition) is 5. The summed E-state index contributed by atoms with van der Waals surface area (Å²) in [6.45, 7) is -2.24. The smallest absolute Gasteiger partial charge is 0.387 e. The molecule has 0 saturated carbocycles. The van der Waals surface area contributed by atoms with Gasteiger partial charge >= 0.3 is 6.61 Å². The van der Waals surface area contributed by atoms with Gasteiger partial charge in [-0.15, -0.1) is 11.3 Å². The van der Waals surface area contributed by atoms with Crippen LogP contribution in [0.4, 0.5) is 8.78 Å². The molecule has 4 rings (SSSR count). The molecule has 2 aromatic carbocycles. The van der Waals surface area contributed by atoms with Crippen molar-refractivity contribution in [1.29, 1.82) is 0 Å². The summed E-state index contributed by atoms with van der Waals surface area (Å²) in [7, 11) is 0. The molecule has 32 heavy (non-hydrogen) atoms. The second-order valence-electron chi connectivity index (χ2n) is 6.73. The highest BCUT2D eigenvalue weighted by molar-refractivity contribution is 7.07. The van der Waals surface area contributed by atoms with Crippen molar-refractivity contribution in [2.75, 3.05) is 6.54 Å². The summed E-state index contributed by atoms with van der Waals surface area (Å²) < 4.78 is 31.1. The van der Waals surface area contributed by atoms with Crippen molar-refractivity contribution in [2.45, 2.75) is 13.0 Å². The maximum atomic E-state index is 12.5. The predicted molar refractivity (Wildman–Crippen MR) is 122 cm³/mol. The molecule has 2 aromatic heterocycles. The number of alkyl halides is 2. The van der Waals surface area contributed by atoms with Crippen LogP contribution in [-0.2, 0) is 6.42 Å². The van der Waals surface area contributed by atoms with Crippen LogP contribution in [0, 0.1) is 0 Å². The molecule has 0 unspecified atom stereocenters. The largest absolute Gasteiger partial charge is 0.435 e. The summed E-state index contributed by atoms with van der Waals surface area (Å²) in [4.78, 5) is 9.75. The maximum Gasteiger partial charge on any atom is 0.387 e. The normalized spacial score (nSPS) is 12.0. The molecule has 0 atom stereocenters. The first kappa shape index (κ1) is 21.6. The molecular weight excluding hydrogens is 430 g/mol. The summed E-state index contributed by atoms with van der Waals surface area (Å²) in [5.41, 5.74) is 3.54. The van der Waals surface area contributed by atoms with Gasteiger partial charge in [0.25, 0.3) is 0 Å². The van der Waals surface area contributed by atoms with Crippen LogP contribution in [0.3, 0.4) is 0 Å². The summed E-state index contributed by atoms with van der Waals surface area (Å²) in [6.07, 6.45) is 4.19. The first-order valence-electron chi connectivity index (χ1n) is 9.94. The molecule has 0 radical (unpaired) electrons. The third-order valence-electron chi connectivity index (χ3n) is 4.54. The minimum atomic E-state index is -2.86. The van der Waals surface area contributed by atoms with E-state index in [0.29, 0.717) is 12.2 Å². The lowest BCUT2D eigenvalue weighted by Gasteiger charge is -2.07. The predicted octanol–water partition coefficient (Wildman–Crippen LogP) is 5.24. The molecule has 0 bridgehead atoms. The van der Waals surface area contributed by atoms with Crippen molar-refractivity contribution in [3.63, 3.8) is 0 Å². The lowest BCUT2D eigenvalue weighted by atomic mass is 10.1. The first-order chi connectivity index (χ1) is 15.7. The van der Waals surface area contributed by atoms with E-state index in [0.717, 1.165) is 22.5 Å². The van der Waals surface area contributed by atoms with Gasteiger partial charge in [-0.3, -0.25) is 9.98 Å². The number of halogens is 2. The number of aromatic nitrogens is 2. The van der Waals surface area contributed by atoms with Crippen molar-refractivity contribution in [1.82, 2.24) is 9.66 Å². The van der Waals surface area contributed by atoms with Gasteiger partial charge in [-0.05, 0) is 48.4 Å². The van der Waals surface area contributed by atoms with E-state index >= 15 is 0 Å². The third-order valence-corrected chi connectivity index (χ3v) is 5.40. The number of thiazole rings is 1. The van der Waals surface area contributed by atoms with Gasteiger partial charge in [0.1, 0.15) is 5.75 Å². The zero-order valence-electron chi connectivity index (χ0n) is 17.0. The third kappa shape index (κ3) is 5.73. The average Bonchev–Trinajstić information content (AvgIpc) is 3.22. The molecule has 0 amide bonds. The lowest BCUT2D eigenvalue weighted by molar-refractivity contribution is -0.0498. The summed E-state index contributed by atoms with van der Waals surface area (Å²) >= 11 is 1.47. The van der Waals surface area contributed by atoms with Gasteiger partial charge in [-0.1, -0.05) is 36.4 Å². The molecular formula is C24H20F2N4OS. The Labute approximate surface area is 188 Å². The van der Waals surface area contributed by atoms with E-state index in [1.165, 1.54) is 29.0 Å². The lowest BCUT2D eigenvalue weighted by Crippen LogP contribution is -2.13. The zero-order chi connectivity index (χ0) is 22.2. The van der Waals surface area contributed by atoms with E-state index in [4.69, 9.17) is 4.99 Å². The van der Waals surface area contributed by atoms with Crippen molar-refractivity contribution >= 4 is 17.6 Å². The molecule has 0 saturated heterocycles. The highest BCUT2D eigenvalue weighted by Gasteiger charge is 2.09. The Kier molecular flexibility index (Phi) is 7.14. The molecule has 162 valence electrons. The minimum Gasteiger partial charge on any atom is -0.435 e. The quantitative estimate of drug-likeness (QED) is 0.345. The monoisotopic (exact) mass is 450 g/mol. The molecule has 4 aromatic rings. The number of ether oxygens (including phenoxy) is 1. The standard InChI is InChI=1S/C24H20F2N4OS/c25-23(26)31-21-11-9-19(10-12-21)22-17-32-24(28-15-13-18-6-2-1-3-7-18)30(22)29-16-20-8-4-5-14-27-20/h1-12,14,16-17,23H,13,15H2. The average molecular weight is 451 g/mol. The van der Waals surface area contributed by atoms with Gasteiger partial charge < -0.3 is 4.74 Å². The summed E-state index contributed by atoms with van der Waals surface area (Å²) in [5, 5.41) is 6.55. The van der Waals surface area contributed by atoms with Crippen LogP contribution >= 0.6 is 11.3 Å². The molecule has 0 fully saturated rings. The van der Waals surface area contributed by atoms with Gasteiger partial charge in [-0.2, -0.15) is 13.9 Å². The summed E-state index contributed by atoms with van der Waals surface area (Å²) in [6, 6.07) is 22.2. The van der Waals surface area contributed by atoms with Gasteiger partial charge in [0.2, 0.25) is 4.80 Å². The first-order valence-corrected chi connectivity index (χ1v) is 10.8. The van der Waals surface area contributed by atoms with Crippen LogP contribution in [-0.4, -0.2) is 29.0 Å². The fourth-order valence-corrected chi connectivity index (χ4v) is 3.88. The van der Waals surface area contributed by atoms with Crippen LogP contribution in [0.25, 0.3) is 11.3 Å². The second kappa shape index (κ2) is 10.6.